The number of ether oxygens (including phenoxy) is 5. The van der Waals surface area contributed by atoms with Crippen LogP contribution in [0.3, 0.4) is 0 Å². The normalized spacial score (nSPS) is 11.5. The molecule has 9 aromatic rings. The molecule has 31 heteroatoms. The minimum Gasteiger partial charge on any atom is -0.492 e. The lowest BCUT2D eigenvalue weighted by atomic mass is 10.2. The fraction of sp³-hybridized carbons (Fsp3) is 0.342. The number of rotatable bonds is 27. The highest BCUT2D eigenvalue weighted by atomic mass is 35.5. The highest BCUT2D eigenvalue weighted by Crippen LogP contribution is 2.34. The minimum atomic E-state index is -1.06. The molecule has 6 aromatic heterocycles. The summed E-state index contributed by atoms with van der Waals surface area (Å²) in [7, 11) is 4.68. The number of allylic oxidation sites excluding steroid dienone is 1. The van der Waals surface area contributed by atoms with E-state index in [4.69, 9.17) is 46.1 Å². The summed E-state index contributed by atoms with van der Waals surface area (Å²) in [5, 5.41) is 28.7. The van der Waals surface area contributed by atoms with Crippen LogP contribution in [-0.4, -0.2) is 170 Å². The fourth-order valence-corrected chi connectivity index (χ4v) is 11.0. The number of halogens is 1. The van der Waals surface area contributed by atoms with Gasteiger partial charge in [0.25, 0.3) is 0 Å². The molecule has 6 heterocycles. The van der Waals surface area contributed by atoms with Crippen molar-refractivity contribution in [3.63, 3.8) is 0 Å². The Kier molecular flexibility index (Phi) is 35.6. The first-order chi connectivity index (χ1) is 50.7. The third-order valence-electron chi connectivity index (χ3n) is 14.2. The van der Waals surface area contributed by atoms with Gasteiger partial charge in [-0.25, -0.2) is 44.3 Å². The van der Waals surface area contributed by atoms with Gasteiger partial charge in [-0.05, 0) is 124 Å². The number of nitrogens with zero attached hydrogens (tertiary/aromatic N) is 8. The van der Waals surface area contributed by atoms with Crippen molar-refractivity contribution in [2.75, 3.05) is 76.5 Å². The van der Waals surface area contributed by atoms with E-state index in [1.807, 2.05) is 143 Å². The van der Waals surface area contributed by atoms with Crippen molar-refractivity contribution >= 4 is 114 Å². The van der Waals surface area contributed by atoms with Crippen molar-refractivity contribution in [1.82, 2.24) is 55.7 Å². The van der Waals surface area contributed by atoms with Gasteiger partial charge in [0.2, 0.25) is 17.1 Å². The molecule has 0 radical (unpaired) electrons. The van der Waals surface area contributed by atoms with Crippen molar-refractivity contribution in [3.05, 3.63) is 176 Å². The molecular formula is C76H96ClN15O12S3. The van der Waals surface area contributed by atoms with Crippen LogP contribution in [0, 0.1) is 20.8 Å². The lowest BCUT2D eigenvalue weighted by molar-refractivity contribution is -0.142. The number of nitrogens with two attached hydrogens (primary N) is 1. The molecular weight excluding hydrogens is 1450 g/mol. The van der Waals surface area contributed by atoms with E-state index < -0.39 is 46.7 Å². The summed E-state index contributed by atoms with van der Waals surface area (Å²) < 4.78 is 27.5. The molecule has 572 valence electrons. The maximum atomic E-state index is 12.4. The molecule has 0 aliphatic carbocycles. The number of pyridine rings is 3. The van der Waals surface area contributed by atoms with Crippen LogP contribution in [0.1, 0.15) is 79.4 Å². The molecule has 0 saturated carbocycles. The van der Waals surface area contributed by atoms with Gasteiger partial charge in [-0.2, -0.15) is 0 Å². The Morgan fingerprint density at radius 2 is 0.860 bits per heavy atom. The number of likely N-dealkylation sites (N-methyl/N-ethyl adjacent to an activating group) is 3. The predicted octanol–water partition coefficient (Wildman–Crippen LogP) is 14.2. The quantitative estimate of drug-likeness (QED) is 0.0135. The average molecular weight is 1540 g/mol. The van der Waals surface area contributed by atoms with Crippen molar-refractivity contribution in [3.8, 4) is 48.6 Å². The largest absolute Gasteiger partial charge is 0.492 e. The molecule has 0 spiro atoms. The van der Waals surface area contributed by atoms with Gasteiger partial charge in [-0.15, -0.1) is 0 Å². The molecule has 9 rings (SSSR count). The number of hydrogen-bond acceptors (Lipinski definition) is 25. The number of aromatic nitrogens is 6. The molecule has 0 aliphatic rings. The van der Waals surface area contributed by atoms with Crippen LogP contribution < -0.4 is 51.8 Å². The maximum Gasteiger partial charge on any atom is 0.410 e. The van der Waals surface area contributed by atoms with Crippen LogP contribution in [0.5, 0.6) is 17.2 Å². The number of carbonyl (C=O) groups excluding carboxylic acids is 5. The summed E-state index contributed by atoms with van der Waals surface area (Å²) in [6.45, 7) is 26.5. The topological polar surface area (TPSA) is 351 Å². The molecule has 4 amide bonds. The van der Waals surface area contributed by atoms with Crippen molar-refractivity contribution in [2.45, 2.75) is 112 Å². The first kappa shape index (κ1) is 87.0. The summed E-state index contributed by atoms with van der Waals surface area (Å²) in [5.74, 6) is 2.67. The smallest absolute Gasteiger partial charge is 0.410 e. The summed E-state index contributed by atoms with van der Waals surface area (Å²) in [6, 6.07) is 39.6. The third-order valence-corrected chi connectivity index (χ3v) is 17.2. The van der Waals surface area contributed by atoms with Crippen molar-refractivity contribution in [1.29, 1.82) is 0 Å². The number of carboxylic acids is 1. The van der Waals surface area contributed by atoms with E-state index in [1.54, 1.807) is 84.3 Å². The number of aryl methyl sites for hydroxylation is 3. The van der Waals surface area contributed by atoms with E-state index in [0.29, 0.717) is 55.3 Å². The number of nitrogens with one attached hydrogen (secondary N) is 6. The van der Waals surface area contributed by atoms with E-state index in [0.717, 1.165) is 80.5 Å². The Labute approximate surface area is 642 Å². The fourth-order valence-electron chi connectivity index (χ4n) is 8.51. The standard InChI is InChI=1S/C26H33N5O4S.C21H25N5O2S.C17H18N4OS.C9H17NO4.C3H3ClO/c1-17-14-20(34-13-12-27-23(32)18(2)31(6)25(33)35-26(3,4)5)15-22(29-17)30-24-28-16-21(36-24)19-10-8-7-9-11-19;1-14-11-17(28-10-9-23-20(27)15(2)22-3)12-19(25-14)26-21-24-13-18(29-21)16-7-5-4-6-8-16;1-12-9-14(22-8-7-18)10-16(20-12)21-17-19-11-15(23-17)13-5-3-2-4-6-13;1-6(7(11)12)10(5)8(13)14-9(2,3)4;1-2-3(4)5/h7-11,14-16,18H,12-13H2,1-6H3,(H,27,32)(H,28,29,30);4-8,11-13,15,22H,9-10H2,1-3H3,(H,23,27)(H,24,25,26);2-6,9-11H,7-8,18H2,1H3,(H,19,20,21);6H,1-5H3,(H,11,12);2H,1H2/t18-;15-;;6-;/m00.1./s1. The van der Waals surface area contributed by atoms with Crippen LogP contribution >= 0.6 is 45.6 Å². The molecule has 0 aliphatic heterocycles. The highest BCUT2D eigenvalue weighted by molar-refractivity contribution is 7.19. The van der Waals surface area contributed by atoms with Gasteiger partial charge in [-0.1, -0.05) is 132 Å². The Hall–Kier alpha value is -10.6. The molecule has 0 unspecified atom stereocenters. The molecule has 27 nitrogen and oxygen atoms in total. The summed E-state index contributed by atoms with van der Waals surface area (Å²) in [4.78, 5) is 100. The predicted molar refractivity (Wildman–Crippen MR) is 425 cm³/mol. The lowest BCUT2D eigenvalue weighted by Gasteiger charge is -2.28. The number of thiazole rings is 3. The zero-order valence-electron chi connectivity index (χ0n) is 62.8. The van der Waals surface area contributed by atoms with Crippen LogP contribution in [0.25, 0.3) is 31.3 Å². The number of aliphatic carboxylic acids is 1. The first-order valence-electron chi connectivity index (χ1n) is 33.8. The van der Waals surface area contributed by atoms with Gasteiger partial charge in [-0.3, -0.25) is 24.2 Å². The number of amides is 4. The molecule has 9 N–H and O–H groups in total. The van der Waals surface area contributed by atoms with Crippen LogP contribution in [0.2, 0.25) is 0 Å². The third kappa shape index (κ3) is 32.3. The zero-order chi connectivity index (χ0) is 78.8. The van der Waals surface area contributed by atoms with Gasteiger partial charge >= 0.3 is 18.2 Å². The Morgan fingerprint density at radius 3 is 1.16 bits per heavy atom. The Morgan fingerprint density at radius 1 is 0.542 bits per heavy atom. The van der Waals surface area contributed by atoms with Gasteiger partial charge in [0.1, 0.15) is 77.8 Å². The minimum absolute atomic E-state index is 0.0534. The molecule has 3 aromatic carbocycles. The molecule has 0 bridgehead atoms. The van der Waals surface area contributed by atoms with Gasteiger partial charge < -0.3 is 66.4 Å². The van der Waals surface area contributed by atoms with Crippen LogP contribution in [0.15, 0.2) is 159 Å². The van der Waals surface area contributed by atoms with Crippen molar-refractivity contribution in [2.24, 2.45) is 5.73 Å². The van der Waals surface area contributed by atoms with E-state index in [1.165, 1.54) is 37.3 Å². The molecule has 107 heavy (non-hydrogen) atoms. The van der Waals surface area contributed by atoms with Gasteiger partial charge in [0.15, 0.2) is 15.4 Å². The number of carbonyl (C=O) groups is 6. The van der Waals surface area contributed by atoms with E-state index >= 15 is 0 Å². The van der Waals surface area contributed by atoms with E-state index in [-0.39, 0.29) is 31.0 Å². The lowest BCUT2D eigenvalue weighted by Crippen LogP contribution is -2.48. The van der Waals surface area contributed by atoms with E-state index in [2.05, 4.69) is 92.6 Å². The second-order valence-corrected chi connectivity index (χ2v) is 28.8. The van der Waals surface area contributed by atoms with E-state index in [9.17, 15) is 28.8 Å². The SMILES string of the molecule is C=CC(=O)Cl.CN[C@@H](C)C(=O)NCCOc1cc(C)nc(Nc2ncc(-c3ccccc3)s2)c1.C[C@H](C(=O)O)N(C)C(=O)OC(C)(C)C.Cc1cc(OCCN)cc(Nc2ncc(-c3ccccc3)s2)n1.Cc1cc(OCCNC(=O)[C@H](C)N(C)C(=O)OC(C)(C)C)cc(Nc2ncc(-c3ccccc3)s2)n1. The molecule has 0 saturated heterocycles. The molecule has 0 fully saturated rings. The number of anilines is 6. The summed E-state index contributed by atoms with van der Waals surface area (Å²) in [5.41, 5.74) is 10.1. The average Bonchev–Trinajstić information content (AvgIpc) is 1.78. The van der Waals surface area contributed by atoms with Gasteiger partial charge in [0, 0.05) is 92.7 Å². The number of carboxylic acid groups (broad SMARTS) is 1. The summed E-state index contributed by atoms with van der Waals surface area (Å²) in [6.07, 6.45) is 5.41. The van der Waals surface area contributed by atoms with Crippen LogP contribution in [-0.2, 0) is 28.7 Å². The Balaban J connectivity index is 0.000000261. The first-order valence-corrected chi connectivity index (χ1v) is 36.6. The summed E-state index contributed by atoms with van der Waals surface area (Å²) >= 11 is 9.40. The highest BCUT2D eigenvalue weighted by Gasteiger charge is 2.28. The van der Waals surface area contributed by atoms with Crippen LogP contribution in [0.4, 0.5) is 42.4 Å². The Bertz CT molecular complexity index is 4290. The number of hydrogen-bond donors (Lipinski definition) is 8. The maximum absolute atomic E-state index is 12.4. The monoisotopic (exact) mass is 1540 g/mol. The molecule has 3 atom stereocenters. The van der Waals surface area contributed by atoms with Crippen molar-refractivity contribution < 1.29 is 57.6 Å². The number of benzene rings is 3. The second kappa shape index (κ2) is 43.7. The zero-order valence-corrected chi connectivity index (χ0v) is 66.0. The second-order valence-electron chi connectivity index (χ2n) is 25.4. The van der Waals surface area contributed by atoms with Gasteiger partial charge in [0.05, 0.1) is 33.8 Å².